The number of aryl methyl sites for hydroxylation is 1. The summed E-state index contributed by atoms with van der Waals surface area (Å²) in [5, 5.41) is 0. The zero-order chi connectivity index (χ0) is 14.8. The minimum absolute atomic E-state index is 0.200. The van der Waals surface area contributed by atoms with Crippen LogP contribution in [-0.4, -0.2) is 12.4 Å². The van der Waals surface area contributed by atoms with Gasteiger partial charge in [-0.05, 0) is 42.2 Å². The standard InChI is InChI=1S/C18H17BrO2/c1-12-15(3-2-4-16(12)19)17(20)7-5-13-6-8-18-14(11-13)9-10-21-18/h2-4,6,8,11H,5,7,9-10H2,1H3. The predicted molar refractivity (Wildman–Crippen MR) is 87.2 cm³/mol. The van der Waals surface area contributed by atoms with Gasteiger partial charge in [-0.25, -0.2) is 0 Å². The Morgan fingerprint density at radius 1 is 1.29 bits per heavy atom. The molecule has 0 N–H and O–H groups in total. The van der Waals surface area contributed by atoms with Crippen molar-refractivity contribution in [2.45, 2.75) is 26.2 Å². The second-order valence-electron chi connectivity index (χ2n) is 5.38. The van der Waals surface area contributed by atoms with Crippen LogP contribution in [0.1, 0.15) is 33.5 Å². The van der Waals surface area contributed by atoms with Gasteiger partial charge in [-0.3, -0.25) is 4.79 Å². The molecule has 3 heteroatoms. The topological polar surface area (TPSA) is 26.3 Å². The maximum Gasteiger partial charge on any atom is 0.163 e. The molecule has 0 spiro atoms. The molecule has 1 aliphatic rings. The van der Waals surface area contributed by atoms with Crippen molar-refractivity contribution in [3.8, 4) is 5.75 Å². The van der Waals surface area contributed by atoms with Crippen molar-refractivity contribution in [1.29, 1.82) is 0 Å². The molecule has 1 heterocycles. The van der Waals surface area contributed by atoms with E-state index in [9.17, 15) is 4.79 Å². The Morgan fingerprint density at radius 2 is 2.14 bits per heavy atom. The second-order valence-corrected chi connectivity index (χ2v) is 6.23. The third kappa shape index (κ3) is 3.03. The van der Waals surface area contributed by atoms with Gasteiger partial charge < -0.3 is 4.74 Å². The van der Waals surface area contributed by atoms with Crippen LogP contribution in [0.2, 0.25) is 0 Å². The molecule has 21 heavy (non-hydrogen) atoms. The highest BCUT2D eigenvalue weighted by molar-refractivity contribution is 9.10. The fourth-order valence-corrected chi connectivity index (χ4v) is 3.06. The lowest BCUT2D eigenvalue weighted by molar-refractivity contribution is 0.0982. The first kappa shape index (κ1) is 14.3. The van der Waals surface area contributed by atoms with E-state index in [1.807, 2.05) is 31.2 Å². The van der Waals surface area contributed by atoms with Crippen LogP contribution in [0.25, 0.3) is 0 Å². The van der Waals surface area contributed by atoms with E-state index in [1.54, 1.807) is 0 Å². The summed E-state index contributed by atoms with van der Waals surface area (Å²) >= 11 is 3.48. The molecule has 0 bridgehead atoms. The first-order valence-electron chi connectivity index (χ1n) is 7.18. The summed E-state index contributed by atoms with van der Waals surface area (Å²) in [7, 11) is 0. The van der Waals surface area contributed by atoms with E-state index in [0.29, 0.717) is 6.42 Å². The molecule has 0 saturated heterocycles. The number of Topliss-reactive ketones (excluding diaryl/α,β-unsaturated/α-hetero) is 1. The summed E-state index contributed by atoms with van der Waals surface area (Å²) < 4.78 is 6.49. The Hall–Kier alpha value is -1.61. The number of hydrogen-bond acceptors (Lipinski definition) is 2. The third-order valence-corrected chi connectivity index (χ3v) is 4.82. The molecule has 0 saturated carbocycles. The average molecular weight is 345 g/mol. The lowest BCUT2D eigenvalue weighted by Crippen LogP contribution is -2.04. The number of hydrogen-bond donors (Lipinski definition) is 0. The van der Waals surface area contributed by atoms with Crippen LogP contribution in [0, 0.1) is 6.92 Å². The monoisotopic (exact) mass is 344 g/mol. The smallest absolute Gasteiger partial charge is 0.163 e. The molecule has 0 aliphatic carbocycles. The van der Waals surface area contributed by atoms with Crippen molar-refractivity contribution in [2.75, 3.05) is 6.61 Å². The molecular weight excluding hydrogens is 328 g/mol. The molecule has 0 unspecified atom stereocenters. The lowest BCUT2D eigenvalue weighted by atomic mass is 9.98. The van der Waals surface area contributed by atoms with Gasteiger partial charge in [0.15, 0.2) is 5.78 Å². The summed E-state index contributed by atoms with van der Waals surface area (Å²) in [6.07, 6.45) is 2.29. The summed E-state index contributed by atoms with van der Waals surface area (Å²) in [5.41, 5.74) is 4.30. The average Bonchev–Trinajstić information content (AvgIpc) is 2.95. The molecule has 108 valence electrons. The van der Waals surface area contributed by atoms with E-state index in [4.69, 9.17) is 4.74 Å². The quantitative estimate of drug-likeness (QED) is 0.763. The van der Waals surface area contributed by atoms with Crippen LogP contribution in [0.15, 0.2) is 40.9 Å². The molecule has 0 radical (unpaired) electrons. The van der Waals surface area contributed by atoms with Gasteiger partial charge in [-0.15, -0.1) is 0 Å². The van der Waals surface area contributed by atoms with E-state index in [0.717, 1.165) is 40.8 Å². The Morgan fingerprint density at radius 3 is 3.00 bits per heavy atom. The van der Waals surface area contributed by atoms with Crippen molar-refractivity contribution >= 4 is 21.7 Å². The van der Waals surface area contributed by atoms with Gasteiger partial charge in [0.2, 0.25) is 0 Å². The first-order chi connectivity index (χ1) is 10.1. The fraction of sp³-hybridized carbons (Fsp3) is 0.278. The van der Waals surface area contributed by atoms with Crippen molar-refractivity contribution in [3.05, 3.63) is 63.1 Å². The van der Waals surface area contributed by atoms with Crippen molar-refractivity contribution < 1.29 is 9.53 Å². The van der Waals surface area contributed by atoms with Gasteiger partial charge in [0.25, 0.3) is 0 Å². The largest absolute Gasteiger partial charge is 0.493 e. The normalized spacial score (nSPS) is 12.9. The maximum absolute atomic E-state index is 12.4. The highest BCUT2D eigenvalue weighted by Crippen LogP contribution is 2.27. The number of ether oxygens (including phenoxy) is 1. The van der Waals surface area contributed by atoms with Gasteiger partial charge in [0.1, 0.15) is 5.75 Å². The molecular formula is C18H17BrO2. The van der Waals surface area contributed by atoms with E-state index in [2.05, 4.69) is 28.1 Å². The molecule has 0 fully saturated rings. The minimum atomic E-state index is 0.200. The Kier molecular flexibility index (Phi) is 4.11. The van der Waals surface area contributed by atoms with Crippen molar-refractivity contribution in [2.24, 2.45) is 0 Å². The summed E-state index contributed by atoms with van der Waals surface area (Å²) in [6, 6.07) is 12.0. The molecule has 2 aromatic carbocycles. The number of benzene rings is 2. The highest BCUT2D eigenvalue weighted by Gasteiger charge is 2.14. The molecule has 2 aromatic rings. The summed E-state index contributed by atoms with van der Waals surface area (Å²) in [6.45, 7) is 2.75. The third-order valence-electron chi connectivity index (χ3n) is 3.96. The second kappa shape index (κ2) is 6.02. The first-order valence-corrected chi connectivity index (χ1v) is 7.97. The van der Waals surface area contributed by atoms with Crippen LogP contribution in [-0.2, 0) is 12.8 Å². The zero-order valence-corrected chi connectivity index (χ0v) is 13.6. The Balaban J connectivity index is 1.70. The van der Waals surface area contributed by atoms with E-state index < -0.39 is 0 Å². The lowest BCUT2D eigenvalue weighted by Gasteiger charge is -2.07. The minimum Gasteiger partial charge on any atom is -0.493 e. The Labute approximate surface area is 133 Å². The number of carbonyl (C=O) groups is 1. The number of carbonyl (C=O) groups excluding carboxylic acids is 1. The van der Waals surface area contributed by atoms with Gasteiger partial charge >= 0.3 is 0 Å². The maximum atomic E-state index is 12.4. The number of ketones is 1. The van der Waals surface area contributed by atoms with Crippen LogP contribution in [0.4, 0.5) is 0 Å². The van der Waals surface area contributed by atoms with Gasteiger partial charge in [0, 0.05) is 22.9 Å². The SMILES string of the molecule is Cc1c(Br)cccc1C(=O)CCc1ccc2c(c1)CCO2. The molecule has 3 rings (SSSR count). The Bertz CT molecular complexity index is 692. The molecule has 0 atom stereocenters. The van der Waals surface area contributed by atoms with Crippen LogP contribution >= 0.6 is 15.9 Å². The van der Waals surface area contributed by atoms with Gasteiger partial charge in [-0.1, -0.05) is 40.2 Å². The van der Waals surface area contributed by atoms with Crippen molar-refractivity contribution in [1.82, 2.24) is 0 Å². The molecule has 2 nitrogen and oxygen atoms in total. The molecule has 0 amide bonds. The number of halogens is 1. The fourth-order valence-electron chi connectivity index (χ4n) is 2.70. The molecule has 1 aliphatic heterocycles. The van der Waals surface area contributed by atoms with Crippen LogP contribution in [0.5, 0.6) is 5.75 Å². The van der Waals surface area contributed by atoms with E-state index in [-0.39, 0.29) is 5.78 Å². The summed E-state index contributed by atoms with van der Waals surface area (Å²) in [4.78, 5) is 12.4. The van der Waals surface area contributed by atoms with Crippen molar-refractivity contribution in [3.63, 3.8) is 0 Å². The summed E-state index contributed by atoms with van der Waals surface area (Å²) in [5.74, 6) is 1.19. The van der Waals surface area contributed by atoms with E-state index >= 15 is 0 Å². The van der Waals surface area contributed by atoms with Gasteiger partial charge in [0.05, 0.1) is 6.61 Å². The van der Waals surface area contributed by atoms with Gasteiger partial charge in [-0.2, -0.15) is 0 Å². The number of rotatable bonds is 4. The highest BCUT2D eigenvalue weighted by atomic mass is 79.9. The predicted octanol–water partition coefficient (Wildman–Crippen LogP) is 4.51. The van der Waals surface area contributed by atoms with Crippen LogP contribution in [0.3, 0.4) is 0 Å². The molecule has 0 aromatic heterocycles. The number of fused-ring (bicyclic) bond motifs is 1. The zero-order valence-electron chi connectivity index (χ0n) is 12.0. The van der Waals surface area contributed by atoms with Crippen LogP contribution < -0.4 is 4.74 Å². The van der Waals surface area contributed by atoms with E-state index in [1.165, 1.54) is 11.1 Å².